The summed E-state index contributed by atoms with van der Waals surface area (Å²) in [5, 5.41) is 12.1. The van der Waals surface area contributed by atoms with Gasteiger partial charge in [-0.25, -0.2) is 0 Å². The number of anilines is 1. The number of nitrogens with one attached hydrogen (secondary N) is 1. The Balaban J connectivity index is 2.16. The van der Waals surface area contributed by atoms with Crippen molar-refractivity contribution in [3.05, 3.63) is 40.7 Å². The minimum Gasteiger partial charge on any atom is -0.480 e. The van der Waals surface area contributed by atoms with Gasteiger partial charge in [-0.2, -0.15) is 0 Å². The molecule has 0 aliphatic rings. The van der Waals surface area contributed by atoms with Crippen molar-refractivity contribution in [3.63, 3.8) is 0 Å². The number of hydrogen-bond acceptors (Lipinski definition) is 5. The summed E-state index contributed by atoms with van der Waals surface area (Å²) in [5.74, 6) is -1.64. The summed E-state index contributed by atoms with van der Waals surface area (Å²) in [6.45, 7) is 3.63. The summed E-state index contributed by atoms with van der Waals surface area (Å²) in [4.78, 5) is 37.2. The van der Waals surface area contributed by atoms with Gasteiger partial charge in [-0.15, -0.1) is 11.3 Å². The van der Waals surface area contributed by atoms with Crippen molar-refractivity contribution < 1.29 is 23.9 Å². The monoisotopic (exact) mass is 350 g/mol. The quantitative estimate of drug-likeness (QED) is 0.800. The molecule has 8 heteroatoms. The number of carbonyl (C=O) groups is 3. The maximum atomic E-state index is 12.6. The zero-order valence-electron chi connectivity index (χ0n) is 13.4. The minimum absolute atomic E-state index is 0.174. The third-order valence-corrected chi connectivity index (χ3v) is 4.34. The van der Waals surface area contributed by atoms with Crippen LogP contribution in [0.2, 0.25) is 0 Å². The van der Waals surface area contributed by atoms with Gasteiger partial charge in [0.25, 0.3) is 11.8 Å². The van der Waals surface area contributed by atoms with E-state index in [1.165, 1.54) is 17.2 Å². The SMILES string of the molecule is CCCN(CC(=O)O)C(=O)c1sc(NC(=O)c2ccco2)cc1C. The molecule has 0 unspecified atom stereocenters. The average Bonchev–Trinajstić information content (AvgIpc) is 3.15. The van der Waals surface area contributed by atoms with E-state index < -0.39 is 11.9 Å². The number of hydrogen-bond donors (Lipinski definition) is 2. The first-order valence-corrected chi connectivity index (χ1v) is 8.20. The van der Waals surface area contributed by atoms with Gasteiger partial charge in [0.1, 0.15) is 6.54 Å². The Labute approximate surface area is 142 Å². The number of carbonyl (C=O) groups excluding carboxylic acids is 2. The van der Waals surface area contributed by atoms with E-state index in [4.69, 9.17) is 9.52 Å². The zero-order valence-corrected chi connectivity index (χ0v) is 14.2. The van der Waals surface area contributed by atoms with E-state index in [-0.39, 0.29) is 18.2 Å². The lowest BCUT2D eigenvalue weighted by molar-refractivity contribution is -0.137. The normalized spacial score (nSPS) is 10.4. The van der Waals surface area contributed by atoms with Gasteiger partial charge in [0.2, 0.25) is 0 Å². The van der Waals surface area contributed by atoms with Gasteiger partial charge in [0.15, 0.2) is 5.76 Å². The molecule has 0 atom stereocenters. The Morgan fingerprint density at radius 1 is 1.38 bits per heavy atom. The predicted octanol–water partition coefficient (Wildman–Crippen LogP) is 2.84. The number of rotatable bonds is 7. The van der Waals surface area contributed by atoms with E-state index >= 15 is 0 Å². The molecule has 0 fully saturated rings. The third kappa shape index (κ3) is 4.23. The highest BCUT2D eigenvalue weighted by molar-refractivity contribution is 7.18. The number of carboxylic acids is 1. The van der Waals surface area contributed by atoms with Crippen LogP contribution >= 0.6 is 11.3 Å². The molecule has 2 aromatic heterocycles. The van der Waals surface area contributed by atoms with Crippen LogP contribution in [0.15, 0.2) is 28.9 Å². The fourth-order valence-electron chi connectivity index (χ4n) is 2.17. The van der Waals surface area contributed by atoms with E-state index in [1.54, 1.807) is 19.1 Å². The molecular weight excluding hydrogens is 332 g/mol. The Morgan fingerprint density at radius 2 is 2.12 bits per heavy atom. The number of thiophene rings is 1. The van der Waals surface area contributed by atoms with Gasteiger partial charge in [0.05, 0.1) is 16.1 Å². The summed E-state index contributed by atoms with van der Waals surface area (Å²) < 4.78 is 5.02. The van der Waals surface area contributed by atoms with Crippen molar-refractivity contribution in [1.29, 1.82) is 0 Å². The van der Waals surface area contributed by atoms with Crippen molar-refractivity contribution >= 4 is 34.1 Å². The Kier molecular flexibility index (Phi) is 5.75. The molecule has 2 aromatic rings. The number of carboxylic acid groups (broad SMARTS) is 1. The molecule has 0 saturated carbocycles. The molecule has 0 aliphatic carbocycles. The molecule has 128 valence electrons. The van der Waals surface area contributed by atoms with Gasteiger partial charge in [-0.05, 0) is 37.1 Å². The largest absolute Gasteiger partial charge is 0.480 e. The molecular formula is C16H18N2O5S. The summed E-state index contributed by atoms with van der Waals surface area (Å²) in [5.41, 5.74) is 0.686. The number of nitrogens with zero attached hydrogens (tertiary/aromatic N) is 1. The first-order valence-electron chi connectivity index (χ1n) is 7.38. The van der Waals surface area contributed by atoms with E-state index in [1.807, 2.05) is 6.92 Å². The van der Waals surface area contributed by atoms with Gasteiger partial charge in [-0.3, -0.25) is 14.4 Å². The Hall–Kier alpha value is -2.61. The van der Waals surface area contributed by atoms with Crippen LogP contribution in [0.25, 0.3) is 0 Å². The van der Waals surface area contributed by atoms with Gasteiger partial charge >= 0.3 is 5.97 Å². The zero-order chi connectivity index (χ0) is 17.7. The van der Waals surface area contributed by atoms with Gasteiger partial charge in [-0.1, -0.05) is 6.92 Å². The predicted molar refractivity (Wildman–Crippen MR) is 89.5 cm³/mol. The molecule has 0 aromatic carbocycles. The topological polar surface area (TPSA) is 99.9 Å². The van der Waals surface area contributed by atoms with Crippen molar-refractivity contribution in [1.82, 2.24) is 4.90 Å². The fourth-order valence-corrected chi connectivity index (χ4v) is 3.20. The first kappa shape index (κ1) is 17.7. The molecule has 7 nitrogen and oxygen atoms in total. The van der Waals surface area contributed by atoms with E-state index in [0.717, 1.165) is 11.3 Å². The number of aryl methyl sites for hydroxylation is 1. The van der Waals surface area contributed by atoms with Crippen LogP contribution in [-0.2, 0) is 4.79 Å². The Bertz CT molecular complexity index is 736. The van der Waals surface area contributed by atoms with Crippen LogP contribution in [0.3, 0.4) is 0 Å². The lowest BCUT2D eigenvalue weighted by Gasteiger charge is -2.19. The van der Waals surface area contributed by atoms with Gasteiger partial charge in [0, 0.05) is 6.54 Å². The molecule has 2 heterocycles. The number of amides is 2. The lowest BCUT2D eigenvalue weighted by atomic mass is 10.2. The van der Waals surface area contributed by atoms with E-state index in [9.17, 15) is 14.4 Å². The van der Waals surface area contributed by atoms with E-state index in [0.29, 0.717) is 28.4 Å². The molecule has 2 N–H and O–H groups in total. The molecule has 2 rings (SSSR count). The molecule has 0 spiro atoms. The highest BCUT2D eigenvalue weighted by Gasteiger charge is 2.22. The molecule has 0 bridgehead atoms. The van der Waals surface area contributed by atoms with Crippen molar-refractivity contribution in [2.24, 2.45) is 0 Å². The van der Waals surface area contributed by atoms with Crippen LogP contribution < -0.4 is 5.32 Å². The highest BCUT2D eigenvalue weighted by atomic mass is 32.1. The average molecular weight is 350 g/mol. The third-order valence-electron chi connectivity index (χ3n) is 3.20. The van der Waals surface area contributed by atoms with Crippen molar-refractivity contribution in [3.8, 4) is 0 Å². The second-order valence-electron chi connectivity index (χ2n) is 5.17. The number of furan rings is 1. The second kappa shape index (κ2) is 7.78. The molecule has 2 amide bonds. The Morgan fingerprint density at radius 3 is 2.71 bits per heavy atom. The standard InChI is InChI=1S/C16H18N2O5S/c1-3-6-18(9-13(19)20)16(22)14-10(2)8-12(24-14)17-15(21)11-5-4-7-23-11/h4-5,7-8H,3,6,9H2,1-2H3,(H,17,21)(H,19,20). The molecule has 0 radical (unpaired) electrons. The van der Waals surface area contributed by atoms with Crippen LogP contribution in [0.5, 0.6) is 0 Å². The maximum Gasteiger partial charge on any atom is 0.323 e. The maximum absolute atomic E-state index is 12.6. The van der Waals surface area contributed by atoms with Crippen LogP contribution in [0, 0.1) is 6.92 Å². The summed E-state index contributed by atoms with van der Waals surface area (Å²) in [7, 11) is 0. The minimum atomic E-state index is -1.06. The summed E-state index contributed by atoms with van der Waals surface area (Å²) in [6, 6.07) is 4.83. The fraction of sp³-hybridized carbons (Fsp3) is 0.312. The van der Waals surface area contributed by atoms with Crippen LogP contribution in [0.1, 0.15) is 39.1 Å². The van der Waals surface area contributed by atoms with Crippen molar-refractivity contribution in [2.45, 2.75) is 20.3 Å². The lowest BCUT2D eigenvalue weighted by Crippen LogP contribution is -2.36. The van der Waals surface area contributed by atoms with Crippen molar-refractivity contribution in [2.75, 3.05) is 18.4 Å². The molecule has 24 heavy (non-hydrogen) atoms. The van der Waals surface area contributed by atoms with Crippen LogP contribution in [-0.4, -0.2) is 40.9 Å². The summed E-state index contributed by atoms with van der Waals surface area (Å²) in [6.07, 6.45) is 2.06. The highest BCUT2D eigenvalue weighted by Crippen LogP contribution is 2.28. The van der Waals surface area contributed by atoms with Gasteiger partial charge < -0.3 is 19.7 Å². The summed E-state index contributed by atoms with van der Waals surface area (Å²) >= 11 is 1.12. The first-order chi connectivity index (χ1) is 11.4. The number of aliphatic carboxylic acids is 1. The molecule has 0 aliphatic heterocycles. The molecule has 0 saturated heterocycles. The van der Waals surface area contributed by atoms with Crippen LogP contribution in [0.4, 0.5) is 5.00 Å². The smallest absolute Gasteiger partial charge is 0.323 e. The second-order valence-corrected chi connectivity index (χ2v) is 6.23. The van der Waals surface area contributed by atoms with E-state index in [2.05, 4.69) is 5.32 Å².